The standard InChI is InChI=1S/C12H9N3O3/c13-12(16)10-7-8(15(17)18)4-5-9(10)11-3-1-2-6-14-11/h1-7H,(H2,13,16). The summed E-state index contributed by atoms with van der Waals surface area (Å²) in [7, 11) is 0. The van der Waals surface area contributed by atoms with E-state index in [9.17, 15) is 14.9 Å². The Bertz CT molecular complexity index is 611. The molecular formula is C12H9N3O3. The number of benzene rings is 1. The minimum atomic E-state index is -0.723. The summed E-state index contributed by atoms with van der Waals surface area (Å²) in [5.74, 6) is -0.723. The zero-order chi connectivity index (χ0) is 13.1. The summed E-state index contributed by atoms with van der Waals surface area (Å²) in [6.07, 6.45) is 1.57. The van der Waals surface area contributed by atoms with Gasteiger partial charge in [-0.2, -0.15) is 0 Å². The Labute approximate surface area is 102 Å². The molecule has 0 saturated heterocycles. The molecule has 0 bridgehead atoms. The number of pyridine rings is 1. The molecule has 2 rings (SSSR count). The molecule has 0 aliphatic heterocycles. The largest absolute Gasteiger partial charge is 0.366 e. The van der Waals surface area contributed by atoms with Gasteiger partial charge in [-0.05, 0) is 18.2 Å². The molecule has 6 nitrogen and oxygen atoms in total. The molecule has 0 fully saturated rings. The molecule has 6 heteroatoms. The number of nitro benzene ring substituents is 1. The lowest BCUT2D eigenvalue weighted by Crippen LogP contribution is -2.13. The van der Waals surface area contributed by atoms with E-state index in [0.717, 1.165) is 6.07 Å². The summed E-state index contributed by atoms with van der Waals surface area (Å²) in [4.78, 5) is 25.5. The quantitative estimate of drug-likeness (QED) is 0.655. The fourth-order valence-electron chi connectivity index (χ4n) is 1.60. The van der Waals surface area contributed by atoms with Crippen molar-refractivity contribution in [2.75, 3.05) is 0 Å². The molecule has 0 unspecified atom stereocenters. The Morgan fingerprint density at radius 3 is 2.61 bits per heavy atom. The lowest BCUT2D eigenvalue weighted by molar-refractivity contribution is -0.384. The fraction of sp³-hybridized carbons (Fsp3) is 0. The molecular weight excluding hydrogens is 234 g/mol. The fourth-order valence-corrected chi connectivity index (χ4v) is 1.60. The van der Waals surface area contributed by atoms with E-state index >= 15 is 0 Å². The third kappa shape index (κ3) is 2.17. The zero-order valence-electron chi connectivity index (χ0n) is 9.24. The van der Waals surface area contributed by atoms with E-state index in [-0.39, 0.29) is 11.3 Å². The van der Waals surface area contributed by atoms with E-state index in [0.29, 0.717) is 11.3 Å². The highest BCUT2D eigenvalue weighted by atomic mass is 16.6. The Kier molecular flexibility index (Phi) is 3.01. The molecule has 2 N–H and O–H groups in total. The van der Waals surface area contributed by atoms with Gasteiger partial charge in [-0.1, -0.05) is 6.07 Å². The first-order valence-electron chi connectivity index (χ1n) is 5.09. The van der Waals surface area contributed by atoms with Crippen LogP contribution in [0.5, 0.6) is 0 Å². The number of amides is 1. The normalized spacial score (nSPS) is 10.0. The highest BCUT2D eigenvalue weighted by Crippen LogP contribution is 2.25. The van der Waals surface area contributed by atoms with Crippen molar-refractivity contribution < 1.29 is 9.72 Å². The van der Waals surface area contributed by atoms with Gasteiger partial charge in [0.05, 0.1) is 16.2 Å². The predicted molar refractivity (Wildman–Crippen MR) is 64.8 cm³/mol. The maximum atomic E-state index is 11.3. The van der Waals surface area contributed by atoms with E-state index in [4.69, 9.17) is 5.73 Å². The third-order valence-corrected chi connectivity index (χ3v) is 2.42. The Morgan fingerprint density at radius 2 is 2.06 bits per heavy atom. The minimum Gasteiger partial charge on any atom is -0.366 e. The van der Waals surface area contributed by atoms with Crippen molar-refractivity contribution in [1.82, 2.24) is 4.98 Å². The minimum absolute atomic E-state index is 0.0860. The number of non-ortho nitro benzene ring substituents is 1. The van der Waals surface area contributed by atoms with Gasteiger partial charge in [0.1, 0.15) is 0 Å². The van der Waals surface area contributed by atoms with Gasteiger partial charge in [0, 0.05) is 23.9 Å². The van der Waals surface area contributed by atoms with Gasteiger partial charge in [0.15, 0.2) is 0 Å². The number of aromatic nitrogens is 1. The summed E-state index contributed by atoms with van der Waals surface area (Å²) in [5.41, 5.74) is 6.16. The number of carbonyl (C=O) groups is 1. The number of carbonyl (C=O) groups excluding carboxylic acids is 1. The van der Waals surface area contributed by atoms with Crippen molar-refractivity contribution in [3.63, 3.8) is 0 Å². The molecule has 0 atom stereocenters. The van der Waals surface area contributed by atoms with E-state index in [1.54, 1.807) is 24.4 Å². The number of nitro groups is 1. The van der Waals surface area contributed by atoms with Gasteiger partial charge in [-0.25, -0.2) is 0 Å². The first-order chi connectivity index (χ1) is 8.59. The average molecular weight is 243 g/mol. The molecule has 0 aliphatic carbocycles. The summed E-state index contributed by atoms with van der Waals surface area (Å²) < 4.78 is 0. The number of primary amides is 1. The monoisotopic (exact) mass is 243 g/mol. The Hall–Kier alpha value is -2.76. The molecule has 0 saturated carbocycles. The van der Waals surface area contributed by atoms with Crippen molar-refractivity contribution in [2.45, 2.75) is 0 Å². The first-order valence-corrected chi connectivity index (χ1v) is 5.09. The maximum absolute atomic E-state index is 11.3. The van der Waals surface area contributed by atoms with E-state index in [1.165, 1.54) is 12.1 Å². The number of nitrogens with zero attached hydrogens (tertiary/aromatic N) is 2. The van der Waals surface area contributed by atoms with Crippen LogP contribution in [0.2, 0.25) is 0 Å². The molecule has 1 heterocycles. The van der Waals surface area contributed by atoms with Crippen LogP contribution in [0.1, 0.15) is 10.4 Å². The van der Waals surface area contributed by atoms with E-state index in [2.05, 4.69) is 4.98 Å². The van der Waals surface area contributed by atoms with Gasteiger partial charge < -0.3 is 5.73 Å². The second-order valence-electron chi connectivity index (χ2n) is 3.57. The van der Waals surface area contributed by atoms with Crippen molar-refractivity contribution in [2.24, 2.45) is 5.73 Å². The second kappa shape index (κ2) is 4.62. The molecule has 0 aliphatic rings. The van der Waals surface area contributed by atoms with Crippen LogP contribution in [0.25, 0.3) is 11.3 Å². The van der Waals surface area contributed by atoms with Gasteiger partial charge in [0.25, 0.3) is 5.69 Å². The van der Waals surface area contributed by atoms with Crippen molar-refractivity contribution in [1.29, 1.82) is 0 Å². The van der Waals surface area contributed by atoms with Gasteiger partial charge in [-0.15, -0.1) is 0 Å². The summed E-state index contributed by atoms with van der Waals surface area (Å²) in [5, 5.41) is 10.7. The number of hydrogen-bond acceptors (Lipinski definition) is 4. The number of nitrogens with two attached hydrogens (primary N) is 1. The highest BCUT2D eigenvalue weighted by molar-refractivity contribution is 6.00. The van der Waals surface area contributed by atoms with Gasteiger partial charge in [0.2, 0.25) is 5.91 Å². The molecule has 1 amide bonds. The van der Waals surface area contributed by atoms with Crippen LogP contribution in [-0.4, -0.2) is 15.8 Å². The van der Waals surface area contributed by atoms with Crippen LogP contribution >= 0.6 is 0 Å². The number of rotatable bonds is 3. The first kappa shape index (κ1) is 11.7. The predicted octanol–water partition coefficient (Wildman–Crippen LogP) is 1.76. The molecule has 0 radical (unpaired) electrons. The summed E-state index contributed by atoms with van der Waals surface area (Å²) >= 11 is 0. The van der Waals surface area contributed by atoms with Gasteiger partial charge in [-0.3, -0.25) is 19.9 Å². The topological polar surface area (TPSA) is 99.1 Å². The van der Waals surface area contributed by atoms with Crippen molar-refractivity contribution in [3.8, 4) is 11.3 Å². The van der Waals surface area contributed by atoms with Crippen LogP contribution in [0, 0.1) is 10.1 Å². The molecule has 18 heavy (non-hydrogen) atoms. The second-order valence-corrected chi connectivity index (χ2v) is 3.57. The lowest BCUT2D eigenvalue weighted by atomic mass is 10.0. The van der Waals surface area contributed by atoms with Crippen LogP contribution in [-0.2, 0) is 0 Å². The molecule has 90 valence electrons. The third-order valence-electron chi connectivity index (χ3n) is 2.42. The SMILES string of the molecule is NC(=O)c1cc([N+](=O)[O-])ccc1-c1ccccn1. The van der Waals surface area contributed by atoms with E-state index in [1.807, 2.05) is 0 Å². The van der Waals surface area contributed by atoms with Crippen LogP contribution in [0.15, 0.2) is 42.6 Å². The van der Waals surface area contributed by atoms with Crippen LogP contribution < -0.4 is 5.73 Å². The molecule has 0 spiro atoms. The summed E-state index contributed by atoms with van der Waals surface area (Å²) in [6, 6.07) is 9.14. The van der Waals surface area contributed by atoms with Crippen molar-refractivity contribution >= 4 is 11.6 Å². The smallest absolute Gasteiger partial charge is 0.270 e. The lowest BCUT2D eigenvalue weighted by Gasteiger charge is -2.05. The Morgan fingerprint density at radius 1 is 1.28 bits per heavy atom. The molecule has 1 aromatic heterocycles. The van der Waals surface area contributed by atoms with Crippen molar-refractivity contribution in [3.05, 3.63) is 58.3 Å². The van der Waals surface area contributed by atoms with Gasteiger partial charge >= 0.3 is 0 Å². The van der Waals surface area contributed by atoms with Crippen LogP contribution in [0.3, 0.4) is 0 Å². The number of hydrogen-bond donors (Lipinski definition) is 1. The van der Waals surface area contributed by atoms with Crippen LogP contribution in [0.4, 0.5) is 5.69 Å². The summed E-state index contributed by atoms with van der Waals surface area (Å²) in [6.45, 7) is 0. The maximum Gasteiger partial charge on any atom is 0.270 e. The highest BCUT2D eigenvalue weighted by Gasteiger charge is 2.16. The molecule has 1 aromatic carbocycles. The molecule has 2 aromatic rings. The average Bonchev–Trinajstić information content (AvgIpc) is 2.39. The van der Waals surface area contributed by atoms with E-state index < -0.39 is 10.8 Å². The zero-order valence-corrected chi connectivity index (χ0v) is 9.24. The Balaban J connectivity index is 2.61.